The fourth-order valence-electron chi connectivity index (χ4n) is 2.04. The summed E-state index contributed by atoms with van der Waals surface area (Å²) < 4.78 is 4.67. The molecule has 0 bridgehead atoms. The first-order valence-corrected chi connectivity index (χ1v) is 5.85. The van der Waals surface area contributed by atoms with Crippen LogP contribution in [-0.4, -0.2) is 60.8 Å². The van der Waals surface area contributed by atoms with Crippen molar-refractivity contribution >= 4 is 11.9 Å². The van der Waals surface area contributed by atoms with Crippen LogP contribution >= 0.6 is 0 Å². The average molecular weight is 244 g/mol. The zero-order valence-electron chi connectivity index (χ0n) is 10.3. The fraction of sp³-hybridized carbons (Fsp3) is 0.818. The highest BCUT2D eigenvalue weighted by Gasteiger charge is 2.36. The van der Waals surface area contributed by atoms with Gasteiger partial charge in [-0.25, -0.2) is 0 Å². The number of hydrogen-bond donors (Lipinski definition) is 2. The summed E-state index contributed by atoms with van der Waals surface area (Å²) in [6, 6.07) is -0.426. The van der Waals surface area contributed by atoms with E-state index < -0.39 is 12.1 Å². The Morgan fingerprint density at radius 2 is 2.24 bits per heavy atom. The SMILES string of the molecule is CCNC(=O)CCN1CC(O)CC1C(=O)OC. The Bertz CT molecular complexity index is 283. The van der Waals surface area contributed by atoms with Crippen LogP contribution in [-0.2, 0) is 14.3 Å². The van der Waals surface area contributed by atoms with Gasteiger partial charge in [-0.3, -0.25) is 14.5 Å². The van der Waals surface area contributed by atoms with Crippen molar-refractivity contribution in [2.45, 2.75) is 31.9 Å². The van der Waals surface area contributed by atoms with Crippen molar-refractivity contribution in [3.8, 4) is 0 Å². The maximum absolute atomic E-state index is 11.5. The van der Waals surface area contributed by atoms with E-state index in [9.17, 15) is 14.7 Å². The van der Waals surface area contributed by atoms with Gasteiger partial charge in [0.1, 0.15) is 6.04 Å². The lowest BCUT2D eigenvalue weighted by molar-refractivity contribution is -0.146. The number of aliphatic hydroxyl groups excluding tert-OH is 1. The minimum atomic E-state index is -0.520. The number of amides is 1. The number of hydrogen-bond acceptors (Lipinski definition) is 5. The number of aliphatic hydroxyl groups is 1. The molecule has 1 aliphatic rings. The Kier molecular flexibility index (Phi) is 5.37. The van der Waals surface area contributed by atoms with Crippen LogP contribution in [0.2, 0.25) is 0 Å². The number of methoxy groups -OCH3 is 1. The van der Waals surface area contributed by atoms with Crippen LogP contribution in [0.5, 0.6) is 0 Å². The molecular weight excluding hydrogens is 224 g/mol. The number of carbonyl (C=O) groups excluding carboxylic acids is 2. The van der Waals surface area contributed by atoms with E-state index in [0.717, 1.165) is 0 Å². The molecule has 1 heterocycles. The van der Waals surface area contributed by atoms with Gasteiger partial charge in [-0.05, 0) is 6.92 Å². The topological polar surface area (TPSA) is 78.9 Å². The van der Waals surface area contributed by atoms with E-state index in [2.05, 4.69) is 10.1 Å². The molecule has 6 heteroatoms. The lowest BCUT2D eigenvalue weighted by Crippen LogP contribution is -2.39. The van der Waals surface area contributed by atoms with Crippen molar-refractivity contribution in [3.63, 3.8) is 0 Å². The Morgan fingerprint density at radius 3 is 2.82 bits per heavy atom. The summed E-state index contributed by atoms with van der Waals surface area (Å²) in [6.07, 6.45) is 0.184. The molecule has 17 heavy (non-hydrogen) atoms. The van der Waals surface area contributed by atoms with E-state index in [0.29, 0.717) is 32.5 Å². The molecule has 0 aromatic rings. The van der Waals surface area contributed by atoms with Gasteiger partial charge in [0.05, 0.1) is 13.2 Å². The van der Waals surface area contributed by atoms with Gasteiger partial charge >= 0.3 is 5.97 Å². The van der Waals surface area contributed by atoms with Gasteiger partial charge in [0.25, 0.3) is 0 Å². The number of nitrogens with one attached hydrogen (secondary N) is 1. The van der Waals surface area contributed by atoms with Gasteiger partial charge < -0.3 is 15.2 Å². The molecule has 1 rings (SSSR count). The van der Waals surface area contributed by atoms with Crippen LogP contribution in [0.15, 0.2) is 0 Å². The number of nitrogens with zero attached hydrogens (tertiary/aromatic N) is 1. The normalized spacial score (nSPS) is 24.6. The van der Waals surface area contributed by atoms with Gasteiger partial charge in [-0.2, -0.15) is 0 Å². The summed E-state index contributed by atoms with van der Waals surface area (Å²) >= 11 is 0. The van der Waals surface area contributed by atoms with E-state index in [4.69, 9.17) is 0 Å². The predicted molar refractivity (Wildman–Crippen MR) is 61.3 cm³/mol. The molecule has 1 saturated heterocycles. The highest BCUT2D eigenvalue weighted by Crippen LogP contribution is 2.19. The zero-order valence-corrected chi connectivity index (χ0v) is 10.3. The molecule has 0 aliphatic carbocycles. The van der Waals surface area contributed by atoms with Crippen LogP contribution < -0.4 is 5.32 Å². The molecule has 2 N–H and O–H groups in total. The Hall–Kier alpha value is -1.14. The number of carbonyl (C=O) groups is 2. The Balaban J connectivity index is 2.45. The highest BCUT2D eigenvalue weighted by atomic mass is 16.5. The van der Waals surface area contributed by atoms with Gasteiger partial charge in [0.2, 0.25) is 5.91 Å². The van der Waals surface area contributed by atoms with Gasteiger partial charge in [0.15, 0.2) is 0 Å². The van der Waals surface area contributed by atoms with Crippen molar-refractivity contribution in [3.05, 3.63) is 0 Å². The highest BCUT2D eigenvalue weighted by molar-refractivity contribution is 5.77. The van der Waals surface area contributed by atoms with Crippen LogP contribution in [0.4, 0.5) is 0 Å². The predicted octanol–water partition coefficient (Wildman–Crippen LogP) is -0.879. The largest absolute Gasteiger partial charge is 0.468 e. The smallest absolute Gasteiger partial charge is 0.323 e. The monoisotopic (exact) mass is 244 g/mol. The average Bonchev–Trinajstić information content (AvgIpc) is 2.67. The van der Waals surface area contributed by atoms with E-state index in [1.54, 1.807) is 4.90 Å². The lowest BCUT2D eigenvalue weighted by atomic mass is 10.2. The molecule has 1 fully saturated rings. The third-order valence-corrected chi connectivity index (χ3v) is 2.85. The second kappa shape index (κ2) is 6.56. The maximum atomic E-state index is 11.5. The van der Waals surface area contributed by atoms with Crippen molar-refractivity contribution in [2.75, 3.05) is 26.7 Å². The van der Waals surface area contributed by atoms with Crippen molar-refractivity contribution in [1.29, 1.82) is 0 Å². The summed E-state index contributed by atoms with van der Waals surface area (Å²) in [6.45, 7) is 3.33. The molecule has 0 saturated carbocycles. The summed E-state index contributed by atoms with van der Waals surface area (Å²) in [5.74, 6) is -0.394. The Labute approximate surface area is 101 Å². The van der Waals surface area contributed by atoms with Crippen LogP contribution in [0.25, 0.3) is 0 Å². The molecule has 98 valence electrons. The minimum absolute atomic E-state index is 0.0440. The molecular formula is C11H20N2O4. The number of likely N-dealkylation sites (tertiary alicyclic amines) is 1. The van der Waals surface area contributed by atoms with Crippen molar-refractivity contribution < 1.29 is 19.4 Å². The summed E-state index contributed by atoms with van der Waals surface area (Å²) in [5, 5.41) is 12.2. The standard InChI is InChI=1S/C11H20N2O4/c1-3-12-10(15)4-5-13-7-8(14)6-9(13)11(16)17-2/h8-9,14H,3-7H2,1-2H3,(H,12,15). The first-order valence-electron chi connectivity index (χ1n) is 5.85. The van der Waals surface area contributed by atoms with E-state index >= 15 is 0 Å². The summed E-state index contributed by atoms with van der Waals surface area (Å²) in [7, 11) is 1.33. The lowest BCUT2D eigenvalue weighted by Gasteiger charge is -2.21. The molecule has 6 nitrogen and oxygen atoms in total. The quantitative estimate of drug-likeness (QED) is 0.614. The molecule has 2 atom stereocenters. The molecule has 0 aromatic carbocycles. The third kappa shape index (κ3) is 3.98. The Morgan fingerprint density at radius 1 is 1.53 bits per heavy atom. The molecule has 1 amide bonds. The number of rotatable bonds is 5. The second-order valence-electron chi connectivity index (χ2n) is 4.13. The van der Waals surface area contributed by atoms with Gasteiger partial charge in [-0.15, -0.1) is 0 Å². The van der Waals surface area contributed by atoms with Crippen LogP contribution in [0, 0.1) is 0 Å². The summed E-state index contributed by atoms with van der Waals surface area (Å²) in [4.78, 5) is 24.6. The zero-order chi connectivity index (χ0) is 12.8. The first kappa shape index (κ1) is 13.9. The van der Waals surface area contributed by atoms with E-state index in [-0.39, 0.29) is 11.9 Å². The van der Waals surface area contributed by atoms with Gasteiger partial charge in [-0.1, -0.05) is 0 Å². The van der Waals surface area contributed by atoms with E-state index in [1.165, 1.54) is 7.11 Å². The van der Waals surface area contributed by atoms with Crippen molar-refractivity contribution in [1.82, 2.24) is 10.2 Å². The number of β-amino-alcohol motifs (C(OH)–C–C–N with tert-alkyl or cyclic N) is 1. The second-order valence-corrected chi connectivity index (χ2v) is 4.13. The molecule has 0 radical (unpaired) electrons. The van der Waals surface area contributed by atoms with Gasteiger partial charge in [0, 0.05) is 32.5 Å². The van der Waals surface area contributed by atoms with E-state index in [1.807, 2.05) is 6.92 Å². The van der Waals surface area contributed by atoms with Crippen LogP contribution in [0.3, 0.4) is 0 Å². The number of esters is 1. The maximum Gasteiger partial charge on any atom is 0.323 e. The van der Waals surface area contributed by atoms with Crippen molar-refractivity contribution in [2.24, 2.45) is 0 Å². The first-order chi connectivity index (χ1) is 8.08. The molecule has 0 aromatic heterocycles. The summed E-state index contributed by atoms with van der Waals surface area (Å²) in [5.41, 5.74) is 0. The fourth-order valence-corrected chi connectivity index (χ4v) is 2.04. The minimum Gasteiger partial charge on any atom is -0.468 e. The third-order valence-electron chi connectivity index (χ3n) is 2.85. The molecule has 2 unspecified atom stereocenters. The molecule has 1 aliphatic heterocycles. The molecule has 0 spiro atoms. The van der Waals surface area contributed by atoms with Crippen LogP contribution in [0.1, 0.15) is 19.8 Å². The number of ether oxygens (including phenoxy) is 1.